The van der Waals surface area contributed by atoms with E-state index in [4.69, 9.17) is 0 Å². The van der Waals surface area contributed by atoms with Gasteiger partial charge in [0, 0.05) is 19.4 Å². The van der Waals surface area contributed by atoms with Crippen molar-refractivity contribution in [3.63, 3.8) is 0 Å². The lowest BCUT2D eigenvalue weighted by Crippen LogP contribution is -1.94. The molecule has 0 amide bonds. The lowest BCUT2D eigenvalue weighted by molar-refractivity contribution is 0.474. The molecule has 0 saturated heterocycles. The smallest absolute Gasteiger partial charge is 0.160 e. The van der Waals surface area contributed by atoms with E-state index in [1.54, 1.807) is 18.5 Å². The summed E-state index contributed by atoms with van der Waals surface area (Å²) in [7, 11) is 1.87. The van der Waals surface area contributed by atoms with E-state index in [1.807, 2.05) is 23.7 Å². The minimum Gasteiger partial charge on any atom is -0.506 e. The third kappa shape index (κ3) is 1.44. The summed E-state index contributed by atoms with van der Waals surface area (Å²) in [5, 5.41) is 9.78. The number of pyridine rings is 2. The second kappa shape index (κ2) is 3.55. The van der Waals surface area contributed by atoms with Crippen LogP contribution in [0.2, 0.25) is 0 Å². The van der Waals surface area contributed by atoms with Crippen LogP contribution in [0.5, 0.6) is 5.75 Å². The fraction of sp³-hybridized carbons (Fsp3) is 0.0833. The Morgan fingerprint density at radius 3 is 2.88 bits per heavy atom. The molecule has 0 unspecified atom stereocenters. The summed E-state index contributed by atoms with van der Waals surface area (Å²) in [4.78, 5) is 12.6. The largest absolute Gasteiger partial charge is 0.506 e. The van der Waals surface area contributed by atoms with Gasteiger partial charge in [0.15, 0.2) is 5.65 Å². The van der Waals surface area contributed by atoms with Crippen molar-refractivity contribution in [2.75, 3.05) is 0 Å². The number of fused-ring (bicyclic) bond motifs is 1. The first-order chi connectivity index (χ1) is 8.27. The highest BCUT2D eigenvalue weighted by atomic mass is 16.3. The number of hydrogen-bond donors (Lipinski definition) is 1. The van der Waals surface area contributed by atoms with E-state index in [9.17, 15) is 5.11 Å². The van der Waals surface area contributed by atoms with Crippen LogP contribution in [-0.2, 0) is 7.05 Å². The molecule has 0 fully saturated rings. The normalized spacial score (nSPS) is 10.9. The van der Waals surface area contributed by atoms with E-state index >= 15 is 0 Å². The van der Waals surface area contributed by atoms with E-state index in [2.05, 4.69) is 15.0 Å². The monoisotopic (exact) mass is 226 g/mol. The fourth-order valence-electron chi connectivity index (χ4n) is 1.84. The van der Waals surface area contributed by atoms with Crippen LogP contribution in [-0.4, -0.2) is 24.6 Å². The van der Waals surface area contributed by atoms with Crippen molar-refractivity contribution in [2.45, 2.75) is 0 Å². The molecule has 0 aliphatic carbocycles. The Morgan fingerprint density at radius 1 is 1.24 bits per heavy atom. The predicted octanol–water partition coefficient (Wildman–Crippen LogP) is 1.74. The summed E-state index contributed by atoms with van der Waals surface area (Å²) >= 11 is 0. The zero-order valence-electron chi connectivity index (χ0n) is 9.20. The molecule has 0 radical (unpaired) electrons. The number of aromatic nitrogens is 4. The highest BCUT2D eigenvalue weighted by Crippen LogP contribution is 2.28. The third-order valence-corrected chi connectivity index (χ3v) is 2.67. The SMILES string of the molecule is Cn1c(-c2ccncc2O)nc2cccnc21. The average Bonchev–Trinajstić information content (AvgIpc) is 2.68. The van der Waals surface area contributed by atoms with E-state index < -0.39 is 0 Å². The number of aryl methyl sites for hydroxylation is 1. The van der Waals surface area contributed by atoms with Crippen molar-refractivity contribution in [3.05, 3.63) is 36.8 Å². The molecule has 0 saturated carbocycles. The standard InChI is InChI=1S/C12H10N4O/c1-16-11(8-4-6-13-7-10(8)17)15-9-3-2-5-14-12(9)16/h2-7,17H,1H3. The fourth-order valence-corrected chi connectivity index (χ4v) is 1.84. The van der Waals surface area contributed by atoms with Crippen molar-refractivity contribution in [3.8, 4) is 17.1 Å². The van der Waals surface area contributed by atoms with Gasteiger partial charge in [-0.1, -0.05) is 0 Å². The van der Waals surface area contributed by atoms with Crippen LogP contribution >= 0.6 is 0 Å². The van der Waals surface area contributed by atoms with Gasteiger partial charge in [-0.2, -0.15) is 0 Å². The lowest BCUT2D eigenvalue weighted by Gasteiger charge is -2.03. The Morgan fingerprint density at radius 2 is 2.12 bits per heavy atom. The summed E-state index contributed by atoms with van der Waals surface area (Å²) in [5.74, 6) is 0.796. The first-order valence-electron chi connectivity index (χ1n) is 5.18. The first-order valence-corrected chi connectivity index (χ1v) is 5.18. The van der Waals surface area contributed by atoms with Crippen LogP contribution in [0.15, 0.2) is 36.8 Å². The van der Waals surface area contributed by atoms with Crippen molar-refractivity contribution < 1.29 is 5.11 Å². The highest BCUT2D eigenvalue weighted by molar-refractivity contribution is 5.78. The van der Waals surface area contributed by atoms with E-state index in [1.165, 1.54) is 6.20 Å². The van der Waals surface area contributed by atoms with Gasteiger partial charge in [-0.25, -0.2) is 9.97 Å². The number of nitrogens with zero attached hydrogens (tertiary/aromatic N) is 4. The number of aromatic hydroxyl groups is 1. The topological polar surface area (TPSA) is 63.8 Å². The molecule has 0 aromatic carbocycles. The summed E-state index contributed by atoms with van der Waals surface area (Å²) in [6, 6.07) is 5.46. The molecule has 0 spiro atoms. The summed E-state index contributed by atoms with van der Waals surface area (Å²) < 4.78 is 1.85. The molecule has 0 atom stereocenters. The Labute approximate surface area is 97.4 Å². The van der Waals surface area contributed by atoms with Gasteiger partial charge >= 0.3 is 0 Å². The molecule has 3 aromatic heterocycles. The second-order valence-electron chi connectivity index (χ2n) is 3.73. The van der Waals surface area contributed by atoms with Crippen LogP contribution in [0.3, 0.4) is 0 Å². The van der Waals surface area contributed by atoms with Crippen LogP contribution in [0.1, 0.15) is 0 Å². The molecule has 5 nitrogen and oxygen atoms in total. The zero-order valence-corrected chi connectivity index (χ0v) is 9.20. The molecule has 0 aliphatic rings. The zero-order chi connectivity index (χ0) is 11.8. The van der Waals surface area contributed by atoms with Crippen LogP contribution in [0, 0.1) is 0 Å². The van der Waals surface area contributed by atoms with Gasteiger partial charge in [-0.05, 0) is 18.2 Å². The van der Waals surface area contributed by atoms with Gasteiger partial charge in [-0.3, -0.25) is 4.98 Å². The third-order valence-electron chi connectivity index (χ3n) is 2.67. The predicted molar refractivity (Wildman–Crippen MR) is 63.4 cm³/mol. The maximum absolute atomic E-state index is 9.78. The van der Waals surface area contributed by atoms with Crippen LogP contribution in [0.25, 0.3) is 22.6 Å². The maximum atomic E-state index is 9.78. The van der Waals surface area contributed by atoms with Gasteiger partial charge in [-0.15, -0.1) is 0 Å². The number of imidazole rings is 1. The molecule has 0 bridgehead atoms. The molecular formula is C12H10N4O. The molecular weight excluding hydrogens is 216 g/mol. The highest BCUT2D eigenvalue weighted by Gasteiger charge is 2.13. The molecule has 1 N–H and O–H groups in total. The molecule has 84 valence electrons. The Hall–Kier alpha value is -2.43. The minimum absolute atomic E-state index is 0.117. The quantitative estimate of drug-likeness (QED) is 0.686. The number of hydrogen-bond acceptors (Lipinski definition) is 4. The van der Waals surface area contributed by atoms with Crippen LogP contribution in [0.4, 0.5) is 0 Å². The Balaban J connectivity index is 2.32. The van der Waals surface area contributed by atoms with Crippen molar-refractivity contribution in [1.82, 2.24) is 19.5 Å². The first kappa shape index (κ1) is 9.77. The van der Waals surface area contributed by atoms with Gasteiger partial charge in [0.05, 0.1) is 11.8 Å². The second-order valence-corrected chi connectivity index (χ2v) is 3.73. The minimum atomic E-state index is 0.117. The van der Waals surface area contributed by atoms with Crippen LogP contribution < -0.4 is 0 Å². The summed E-state index contributed by atoms with van der Waals surface area (Å²) in [6.07, 6.45) is 4.75. The van der Waals surface area contributed by atoms with Gasteiger partial charge in [0.1, 0.15) is 17.1 Å². The summed E-state index contributed by atoms with van der Waals surface area (Å²) in [6.45, 7) is 0. The molecule has 3 rings (SSSR count). The maximum Gasteiger partial charge on any atom is 0.160 e. The van der Waals surface area contributed by atoms with Gasteiger partial charge in [0.25, 0.3) is 0 Å². The van der Waals surface area contributed by atoms with E-state index in [-0.39, 0.29) is 5.75 Å². The number of rotatable bonds is 1. The lowest BCUT2D eigenvalue weighted by atomic mass is 10.2. The van der Waals surface area contributed by atoms with Crippen molar-refractivity contribution in [2.24, 2.45) is 7.05 Å². The van der Waals surface area contributed by atoms with Crippen molar-refractivity contribution in [1.29, 1.82) is 0 Å². The summed E-state index contributed by atoms with van der Waals surface area (Å²) in [5.41, 5.74) is 2.25. The average molecular weight is 226 g/mol. The molecule has 3 aromatic rings. The van der Waals surface area contributed by atoms with Gasteiger partial charge in [0.2, 0.25) is 0 Å². The molecule has 5 heteroatoms. The van der Waals surface area contributed by atoms with E-state index in [0.717, 1.165) is 11.2 Å². The Kier molecular flexibility index (Phi) is 2.04. The molecule has 17 heavy (non-hydrogen) atoms. The van der Waals surface area contributed by atoms with E-state index in [0.29, 0.717) is 11.4 Å². The molecule has 3 heterocycles. The van der Waals surface area contributed by atoms with Crippen molar-refractivity contribution >= 4 is 11.2 Å². The molecule has 0 aliphatic heterocycles. The van der Waals surface area contributed by atoms with Gasteiger partial charge < -0.3 is 9.67 Å². The Bertz CT molecular complexity index is 690.